The lowest BCUT2D eigenvalue weighted by molar-refractivity contribution is -0.125. The van der Waals surface area contributed by atoms with Gasteiger partial charge in [0.25, 0.3) is 0 Å². The maximum absolute atomic E-state index is 12.4. The van der Waals surface area contributed by atoms with Gasteiger partial charge in [0, 0.05) is 24.5 Å². The fourth-order valence-corrected chi connectivity index (χ4v) is 3.74. The van der Waals surface area contributed by atoms with Crippen LogP contribution >= 0.6 is 11.3 Å². The topological polar surface area (TPSA) is 32.3 Å². The lowest BCUT2D eigenvalue weighted by atomic mass is 9.99. The van der Waals surface area contributed by atoms with Crippen molar-refractivity contribution in [3.63, 3.8) is 0 Å². The van der Waals surface area contributed by atoms with E-state index in [0.717, 1.165) is 25.9 Å². The monoisotopic (exact) mass is 340 g/mol. The number of nitrogens with zero attached hydrogens (tertiary/aromatic N) is 1. The van der Waals surface area contributed by atoms with Crippen LogP contribution in [0.2, 0.25) is 0 Å². The van der Waals surface area contributed by atoms with Gasteiger partial charge in [0.05, 0.1) is 6.04 Å². The van der Waals surface area contributed by atoms with E-state index >= 15 is 0 Å². The molecule has 1 aliphatic rings. The van der Waals surface area contributed by atoms with Crippen LogP contribution in [-0.4, -0.2) is 36.5 Å². The number of carbonyl (C=O) groups is 1. The Hall–Kier alpha value is -1.91. The number of carbonyl (C=O) groups excluding carboxylic acids is 1. The van der Waals surface area contributed by atoms with Gasteiger partial charge in [0.1, 0.15) is 0 Å². The minimum absolute atomic E-state index is 0.0816. The Morgan fingerprint density at radius 1 is 1.25 bits per heavy atom. The van der Waals surface area contributed by atoms with Crippen LogP contribution in [0.3, 0.4) is 0 Å². The summed E-state index contributed by atoms with van der Waals surface area (Å²) in [5.41, 5.74) is 2.68. The van der Waals surface area contributed by atoms with E-state index in [9.17, 15) is 4.79 Å². The van der Waals surface area contributed by atoms with Gasteiger partial charge in [0.15, 0.2) is 0 Å². The fourth-order valence-electron chi connectivity index (χ4n) is 3.03. The normalized spacial score (nSPS) is 16.5. The van der Waals surface area contributed by atoms with Crippen molar-refractivity contribution in [1.82, 2.24) is 10.2 Å². The van der Waals surface area contributed by atoms with E-state index < -0.39 is 0 Å². The molecule has 0 spiro atoms. The van der Waals surface area contributed by atoms with Gasteiger partial charge >= 0.3 is 0 Å². The molecule has 3 rings (SSSR count). The first kappa shape index (κ1) is 16.9. The van der Waals surface area contributed by atoms with Crippen molar-refractivity contribution in [2.75, 3.05) is 19.6 Å². The predicted octanol–water partition coefficient (Wildman–Crippen LogP) is 3.58. The van der Waals surface area contributed by atoms with Crippen LogP contribution in [0.25, 0.3) is 5.57 Å². The summed E-state index contributed by atoms with van der Waals surface area (Å²) in [6, 6.07) is 14.6. The Labute approximate surface area is 148 Å². The molecule has 1 aliphatic heterocycles. The third-order valence-corrected chi connectivity index (χ3v) is 5.50. The van der Waals surface area contributed by atoms with Crippen LogP contribution in [0.4, 0.5) is 0 Å². The molecule has 2 heterocycles. The van der Waals surface area contributed by atoms with Gasteiger partial charge < -0.3 is 5.32 Å². The highest BCUT2D eigenvalue weighted by Crippen LogP contribution is 2.22. The molecule has 1 N–H and O–H groups in total. The number of thiophene rings is 1. The first-order valence-electron chi connectivity index (χ1n) is 8.52. The number of benzene rings is 1. The second-order valence-electron chi connectivity index (χ2n) is 6.14. The van der Waals surface area contributed by atoms with E-state index in [4.69, 9.17) is 0 Å². The summed E-state index contributed by atoms with van der Waals surface area (Å²) in [5, 5.41) is 5.14. The zero-order chi connectivity index (χ0) is 16.8. The molecule has 0 bridgehead atoms. The summed E-state index contributed by atoms with van der Waals surface area (Å²) in [6.07, 6.45) is 4.17. The lowest BCUT2D eigenvalue weighted by Crippen LogP contribution is -2.47. The summed E-state index contributed by atoms with van der Waals surface area (Å²) >= 11 is 1.74. The summed E-state index contributed by atoms with van der Waals surface area (Å²) in [6.45, 7) is 4.48. The van der Waals surface area contributed by atoms with Gasteiger partial charge in [-0.15, -0.1) is 11.3 Å². The van der Waals surface area contributed by atoms with Crippen LogP contribution in [0.1, 0.15) is 23.8 Å². The van der Waals surface area contributed by atoms with Gasteiger partial charge in [-0.3, -0.25) is 9.69 Å². The molecular weight excluding hydrogens is 316 g/mol. The van der Waals surface area contributed by atoms with Crippen molar-refractivity contribution in [1.29, 1.82) is 0 Å². The van der Waals surface area contributed by atoms with Crippen molar-refractivity contribution < 1.29 is 4.79 Å². The Bertz CT molecular complexity index is 679. The minimum Gasteiger partial charge on any atom is -0.354 e. The second-order valence-corrected chi connectivity index (χ2v) is 7.17. The second kappa shape index (κ2) is 8.27. The molecule has 0 aliphatic carbocycles. The Kier molecular flexibility index (Phi) is 5.83. The van der Waals surface area contributed by atoms with Gasteiger partial charge in [-0.2, -0.15) is 0 Å². The predicted molar refractivity (Wildman–Crippen MR) is 101 cm³/mol. The first-order chi connectivity index (χ1) is 11.7. The molecule has 2 aromatic rings. The Morgan fingerprint density at radius 2 is 2.08 bits per heavy atom. The molecule has 126 valence electrons. The number of hydrogen-bond donors (Lipinski definition) is 1. The van der Waals surface area contributed by atoms with E-state index in [2.05, 4.69) is 58.1 Å². The van der Waals surface area contributed by atoms with E-state index in [1.165, 1.54) is 16.0 Å². The molecule has 0 fully saturated rings. The number of hydrogen-bond acceptors (Lipinski definition) is 3. The maximum Gasteiger partial charge on any atom is 0.237 e. The quantitative estimate of drug-likeness (QED) is 0.872. The molecule has 4 heteroatoms. The summed E-state index contributed by atoms with van der Waals surface area (Å²) in [7, 11) is 0. The number of nitrogens with one attached hydrogen (secondary N) is 1. The van der Waals surface area contributed by atoms with E-state index in [1.54, 1.807) is 11.3 Å². The van der Waals surface area contributed by atoms with Crippen molar-refractivity contribution in [2.45, 2.75) is 25.8 Å². The smallest absolute Gasteiger partial charge is 0.237 e. The summed E-state index contributed by atoms with van der Waals surface area (Å²) in [4.78, 5) is 15.9. The van der Waals surface area contributed by atoms with Crippen molar-refractivity contribution in [2.24, 2.45) is 0 Å². The van der Waals surface area contributed by atoms with E-state index in [-0.39, 0.29) is 11.9 Å². The van der Waals surface area contributed by atoms with Crippen LogP contribution in [-0.2, 0) is 11.2 Å². The molecule has 1 amide bonds. The van der Waals surface area contributed by atoms with Gasteiger partial charge in [-0.25, -0.2) is 0 Å². The van der Waals surface area contributed by atoms with Gasteiger partial charge in [-0.05, 0) is 42.3 Å². The standard InChI is InChI=1S/C20H24N2OS/c1-16(20(23)21-12-9-19-8-5-15-24-19)22-13-10-18(11-14-22)17-6-3-2-4-7-17/h2-8,10,15-16H,9,11-14H2,1H3,(H,21,23). The molecule has 0 saturated heterocycles. The maximum atomic E-state index is 12.4. The molecule has 24 heavy (non-hydrogen) atoms. The molecular formula is C20H24N2OS. The molecule has 0 saturated carbocycles. The zero-order valence-corrected chi connectivity index (χ0v) is 14.9. The highest BCUT2D eigenvalue weighted by atomic mass is 32.1. The Morgan fingerprint density at radius 3 is 2.75 bits per heavy atom. The van der Waals surface area contributed by atoms with E-state index in [0.29, 0.717) is 6.54 Å². The van der Waals surface area contributed by atoms with Gasteiger partial charge in [0.2, 0.25) is 5.91 Å². The van der Waals surface area contributed by atoms with Crippen LogP contribution in [0.15, 0.2) is 53.9 Å². The Balaban J connectivity index is 1.48. The molecule has 1 atom stereocenters. The average Bonchev–Trinajstić information content (AvgIpc) is 3.15. The average molecular weight is 340 g/mol. The fraction of sp³-hybridized carbons (Fsp3) is 0.350. The molecule has 1 aromatic heterocycles. The molecule has 0 radical (unpaired) electrons. The van der Waals surface area contributed by atoms with Crippen molar-refractivity contribution in [3.05, 3.63) is 64.4 Å². The SMILES string of the molecule is CC(C(=O)NCCc1cccs1)N1CC=C(c2ccccc2)CC1. The zero-order valence-electron chi connectivity index (χ0n) is 14.1. The largest absolute Gasteiger partial charge is 0.354 e. The third-order valence-electron chi connectivity index (χ3n) is 4.56. The minimum atomic E-state index is -0.0816. The van der Waals surface area contributed by atoms with Crippen LogP contribution in [0, 0.1) is 0 Å². The molecule has 1 unspecified atom stereocenters. The van der Waals surface area contributed by atoms with E-state index in [1.807, 2.05) is 13.0 Å². The summed E-state index contributed by atoms with van der Waals surface area (Å²) < 4.78 is 0. The molecule has 3 nitrogen and oxygen atoms in total. The number of amides is 1. The van der Waals surface area contributed by atoms with Crippen LogP contribution < -0.4 is 5.32 Å². The number of rotatable bonds is 6. The lowest BCUT2D eigenvalue weighted by Gasteiger charge is -2.31. The highest BCUT2D eigenvalue weighted by Gasteiger charge is 2.23. The summed E-state index contributed by atoms with van der Waals surface area (Å²) in [5.74, 6) is 0.128. The van der Waals surface area contributed by atoms with Crippen molar-refractivity contribution in [3.8, 4) is 0 Å². The van der Waals surface area contributed by atoms with Gasteiger partial charge in [-0.1, -0.05) is 42.5 Å². The molecule has 1 aromatic carbocycles. The van der Waals surface area contributed by atoms with Crippen molar-refractivity contribution >= 4 is 22.8 Å². The highest BCUT2D eigenvalue weighted by molar-refractivity contribution is 7.09. The first-order valence-corrected chi connectivity index (χ1v) is 9.40. The third kappa shape index (κ3) is 4.34. The van der Waals surface area contributed by atoms with Crippen LogP contribution in [0.5, 0.6) is 0 Å².